The Labute approximate surface area is 87.1 Å². The summed E-state index contributed by atoms with van der Waals surface area (Å²) in [6, 6.07) is 9.49. The zero-order valence-electron chi connectivity index (χ0n) is 7.94. The number of benzene rings is 1. The second-order valence-electron chi connectivity index (χ2n) is 2.26. The normalized spacial score (nSPS) is 8.71. The van der Waals surface area contributed by atoms with Crippen molar-refractivity contribution in [2.75, 3.05) is 12.4 Å². The van der Waals surface area contributed by atoms with Gasteiger partial charge < -0.3 is 5.11 Å². The Kier molecular flexibility index (Phi) is 7.93. The molecule has 0 spiro atoms. The van der Waals surface area contributed by atoms with Crippen LogP contribution in [0.1, 0.15) is 6.92 Å². The molecule has 0 aliphatic rings. The van der Waals surface area contributed by atoms with Crippen molar-refractivity contribution in [2.45, 2.75) is 11.8 Å². The fourth-order valence-corrected chi connectivity index (χ4v) is 1.30. The van der Waals surface area contributed by atoms with Gasteiger partial charge in [0.25, 0.3) is 0 Å². The summed E-state index contributed by atoms with van der Waals surface area (Å²) >= 11 is 1.33. The Bertz CT molecular complexity index is 252. The molecule has 0 fully saturated rings. The Morgan fingerprint density at radius 3 is 2.36 bits per heavy atom. The van der Waals surface area contributed by atoms with E-state index >= 15 is 0 Å². The predicted octanol–water partition coefficient (Wildman–Crippen LogP) is 2.84. The Morgan fingerprint density at radius 1 is 1.43 bits per heavy atom. The second-order valence-corrected chi connectivity index (χ2v) is 3.31. The van der Waals surface area contributed by atoms with Gasteiger partial charge in [0.05, 0.1) is 12.4 Å². The smallest absolute Gasteiger partial charge is 0.313 e. The van der Waals surface area contributed by atoms with Crippen LogP contribution in [0.3, 0.4) is 0 Å². The number of carbonyl (C=O) groups is 1. The van der Waals surface area contributed by atoms with E-state index in [1.54, 1.807) is 0 Å². The third-order valence-electron chi connectivity index (χ3n) is 1.11. The van der Waals surface area contributed by atoms with E-state index in [9.17, 15) is 9.18 Å². The Morgan fingerprint density at radius 2 is 1.93 bits per heavy atom. The van der Waals surface area contributed by atoms with E-state index in [-0.39, 0.29) is 12.4 Å². The lowest BCUT2D eigenvalue weighted by atomic mass is 10.4. The van der Waals surface area contributed by atoms with Gasteiger partial charge in [-0.2, -0.15) is 0 Å². The van der Waals surface area contributed by atoms with Crippen molar-refractivity contribution in [1.82, 2.24) is 0 Å². The molecule has 0 aromatic heterocycles. The van der Waals surface area contributed by atoms with E-state index < -0.39 is 5.97 Å². The average Bonchev–Trinajstić information content (AvgIpc) is 2.18. The lowest BCUT2D eigenvalue weighted by Gasteiger charge is -1.95. The van der Waals surface area contributed by atoms with E-state index in [4.69, 9.17) is 5.11 Å². The topological polar surface area (TPSA) is 37.3 Å². The van der Waals surface area contributed by atoms with Crippen LogP contribution in [0.4, 0.5) is 4.39 Å². The van der Waals surface area contributed by atoms with Gasteiger partial charge >= 0.3 is 5.97 Å². The number of halogens is 1. The monoisotopic (exact) mass is 216 g/mol. The van der Waals surface area contributed by atoms with Gasteiger partial charge in [0.2, 0.25) is 0 Å². The average molecular weight is 216 g/mol. The van der Waals surface area contributed by atoms with Crippen LogP contribution >= 0.6 is 11.8 Å². The van der Waals surface area contributed by atoms with Gasteiger partial charge in [-0.3, -0.25) is 9.18 Å². The number of rotatable bonds is 3. The molecule has 0 amide bonds. The van der Waals surface area contributed by atoms with Crippen molar-refractivity contribution in [3.05, 3.63) is 30.3 Å². The highest BCUT2D eigenvalue weighted by Gasteiger charge is 1.97. The van der Waals surface area contributed by atoms with Crippen LogP contribution in [-0.4, -0.2) is 23.5 Å². The summed E-state index contributed by atoms with van der Waals surface area (Å²) in [5, 5.41) is 8.35. The number of carboxylic acids is 1. The third-order valence-corrected chi connectivity index (χ3v) is 2.10. The maximum atomic E-state index is 10.3. The molecule has 1 aromatic rings. The molecule has 0 unspecified atom stereocenters. The molecule has 1 aromatic carbocycles. The fraction of sp³-hybridized carbons (Fsp3) is 0.300. The first-order valence-corrected chi connectivity index (χ1v) is 5.14. The molecule has 0 aliphatic heterocycles. The zero-order chi connectivity index (χ0) is 10.8. The van der Waals surface area contributed by atoms with Crippen molar-refractivity contribution in [2.24, 2.45) is 0 Å². The number of alkyl halides is 1. The highest BCUT2D eigenvalue weighted by Crippen LogP contribution is 2.15. The molecule has 0 saturated carbocycles. The summed E-state index contributed by atoms with van der Waals surface area (Å²) in [5.41, 5.74) is 0. The highest BCUT2D eigenvalue weighted by molar-refractivity contribution is 8.00. The summed E-state index contributed by atoms with van der Waals surface area (Å²) in [5.74, 6) is -0.650. The van der Waals surface area contributed by atoms with Crippen LogP contribution in [0.15, 0.2) is 35.2 Å². The molecule has 0 saturated heterocycles. The number of carboxylic acid groups (broad SMARTS) is 1. The molecule has 4 heteroatoms. The number of aliphatic carboxylic acids is 1. The minimum Gasteiger partial charge on any atom is -0.481 e. The maximum Gasteiger partial charge on any atom is 0.313 e. The predicted molar refractivity (Wildman–Crippen MR) is 56.5 cm³/mol. The molecule has 0 aliphatic carbocycles. The Balaban J connectivity index is 0.000000500. The van der Waals surface area contributed by atoms with Crippen LogP contribution in [0.25, 0.3) is 0 Å². The molecule has 78 valence electrons. The molecule has 0 atom stereocenters. The van der Waals surface area contributed by atoms with Crippen molar-refractivity contribution in [3.63, 3.8) is 0 Å². The summed E-state index contributed by atoms with van der Waals surface area (Å²) in [6.45, 7) is 1.21. The molecule has 1 rings (SSSR count). The minimum absolute atomic E-state index is 0.129. The van der Waals surface area contributed by atoms with Crippen LogP contribution in [0.2, 0.25) is 0 Å². The SMILES string of the molecule is CCF.O=C(O)CSc1ccccc1. The standard InChI is InChI=1S/C8H8O2S.C2H5F/c9-8(10)6-11-7-4-2-1-3-5-7;1-2-3/h1-5H,6H2,(H,9,10);2H2,1H3. The number of thioether (sulfide) groups is 1. The molecule has 1 N–H and O–H groups in total. The summed E-state index contributed by atoms with van der Waals surface area (Å²) < 4.78 is 10.3. The van der Waals surface area contributed by atoms with Crippen LogP contribution in [0.5, 0.6) is 0 Å². The summed E-state index contributed by atoms with van der Waals surface area (Å²) in [4.78, 5) is 11.1. The number of hydrogen-bond donors (Lipinski definition) is 1. The molecule has 14 heavy (non-hydrogen) atoms. The number of hydrogen-bond acceptors (Lipinski definition) is 2. The van der Waals surface area contributed by atoms with Crippen molar-refractivity contribution in [1.29, 1.82) is 0 Å². The van der Waals surface area contributed by atoms with Crippen LogP contribution in [-0.2, 0) is 4.79 Å². The van der Waals surface area contributed by atoms with E-state index in [1.807, 2.05) is 30.3 Å². The third kappa shape index (κ3) is 7.61. The molecule has 2 nitrogen and oxygen atoms in total. The first kappa shape index (κ1) is 13.0. The van der Waals surface area contributed by atoms with Crippen molar-refractivity contribution < 1.29 is 14.3 Å². The molecular formula is C10H13FO2S. The Hall–Kier alpha value is -1.03. The first-order valence-electron chi connectivity index (χ1n) is 4.16. The summed E-state index contributed by atoms with van der Waals surface area (Å²) in [7, 11) is 0. The maximum absolute atomic E-state index is 10.3. The highest BCUT2D eigenvalue weighted by atomic mass is 32.2. The van der Waals surface area contributed by atoms with E-state index in [2.05, 4.69) is 0 Å². The molecule has 0 radical (unpaired) electrons. The lowest BCUT2D eigenvalue weighted by molar-refractivity contribution is -0.133. The van der Waals surface area contributed by atoms with Gasteiger partial charge in [0.15, 0.2) is 0 Å². The van der Waals surface area contributed by atoms with Crippen molar-refractivity contribution in [3.8, 4) is 0 Å². The molecule has 0 bridgehead atoms. The second kappa shape index (κ2) is 8.56. The van der Waals surface area contributed by atoms with E-state index in [1.165, 1.54) is 18.7 Å². The van der Waals surface area contributed by atoms with Gasteiger partial charge in [-0.1, -0.05) is 18.2 Å². The van der Waals surface area contributed by atoms with Gasteiger partial charge in [0, 0.05) is 4.90 Å². The molecular weight excluding hydrogens is 203 g/mol. The largest absolute Gasteiger partial charge is 0.481 e. The fourth-order valence-electron chi connectivity index (χ4n) is 0.662. The zero-order valence-corrected chi connectivity index (χ0v) is 8.76. The van der Waals surface area contributed by atoms with Crippen LogP contribution in [0, 0.1) is 0 Å². The van der Waals surface area contributed by atoms with Gasteiger partial charge in [-0.15, -0.1) is 11.8 Å². The van der Waals surface area contributed by atoms with E-state index in [0.29, 0.717) is 0 Å². The summed E-state index contributed by atoms with van der Waals surface area (Å²) in [6.07, 6.45) is 0. The van der Waals surface area contributed by atoms with Crippen molar-refractivity contribution >= 4 is 17.7 Å². The van der Waals surface area contributed by atoms with E-state index in [0.717, 1.165) is 4.90 Å². The lowest BCUT2D eigenvalue weighted by Crippen LogP contribution is -1.96. The van der Waals surface area contributed by atoms with Gasteiger partial charge in [-0.25, -0.2) is 0 Å². The quantitative estimate of drug-likeness (QED) is 0.789. The van der Waals surface area contributed by atoms with Crippen LogP contribution < -0.4 is 0 Å². The first-order chi connectivity index (χ1) is 6.70. The molecule has 0 heterocycles. The van der Waals surface area contributed by atoms with Gasteiger partial charge in [0.1, 0.15) is 0 Å². The minimum atomic E-state index is -0.779. The van der Waals surface area contributed by atoms with Gasteiger partial charge in [-0.05, 0) is 19.1 Å².